The van der Waals surface area contributed by atoms with Crippen LogP contribution in [0.5, 0.6) is 5.75 Å². The summed E-state index contributed by atoms with van der Waals surface area (Å²) < 4.78 is 7.71. The van der Waals surface area contributed by atoms with Gasteiger partial charge in [0.15, 0.2) is 5.82 Å². The summed E-state index contributed by atoms with van der Waals surface area (Å²) in [7, 11) is 0. The van der Waals surface area contributed by atoms with Crippen molar-refractivity contribution in [3.8, 4) is 5.75 Å². The molecule has 4 rings (SSSR count). The molecule has 0 atom stereocenters. The number of halogens is 1. The quantitative estimate of drug-likeness (QED) is 0.373. The first-order valence-corrected chi connectivity index (χ1v) is 9.07. The van der Waals surface area contributed by atoms with E-state index < -0.39 is 0 Å². The molecule has 0 fully saturated rings. The highest BCUT2D eigenvalue weighted by Crippen LogP contribution is 2.20. The Balaban J connectivity index is 1.60. The zero-order valence-corrected chi connectivity index (χ0v) is 16.0. The Morgan fingerprint density at radius 1 is 1.22 bits per heavy atom. The smallest absolute Gasteiger partial charge is 0.216 e. The number of hydrogen-bond acceptors (Lipinski definition) is 4. The van der Waals surface area contributed by atoms with Gasteiger partial charge in [0.25, 0.3) is 0 Å². The average Bonchev–Trinajstić information content (AvgIpc) is 3.18. The molecule has 2 aromatic carbocycles. The second-order valence-corrected chi connectivity index (χ2v) is 6.78. The Morgan fingerprint density at radius 3 is 2.81 bits per heavy atom. The molecule has 0 aliphatic rings. The molecule has 2 N–H and O–H groups in total. The lowest BCUT2D eigenvalue weighted by atomic mass is 10.1. The summed E-state index contributed by atoms with van der Waals surface area (Å²) in [5.74, 6) is 1.26. The van der Waals surface area contributed by atoms with Crippen LogP contribution in [0.15, 0.2) is 53.6 Å². The summed E-state index contributed by atoms with van der Waals surface area (Å²) >= 11 is 11.2. The van der Waals surface area contributed by atoms with Gasteiger partial charge in [-0.1, -0.05) is 29.8 Å². The van der Waals surface area contributed by atoms with E-state index in [9.17, 15) is 0 Å². The summed E-state index contributed by atoms with van der Waals surface area (Å²) in [5.41, 5.74) is 3.12. The molecule has 4 aromatic rings. The summed E-state index contributed by atoms with van der Waals surface area (Å²) in [6.07, 6.45) is 1.78. The minimum atomic E-state index is 0.221. The van der Waals surface area contributed by atoms with E-state index in [1.165, 1.54) is 0 Å². The first-order chi connectivity index (χ1) is 13.1. The fourth-order valence-electron chi connectivity index (χ4n) is 2.80. The Hall–Kier alpha value is -2.90. The van der Waals surface area contributed by atoms with E-state index in [4.69, 9.17) is 28.6 Å². The van der Waals surface area contributed by atoms with Crippen LogP contribution in [0, 0.1) is 11.7 Å². The Kier molecular flexibility index (Phi) is 4.79. The SMILES string of the molecule is Cc1[nH]c2ccccc2c1/C=N/n1c(COc2ccc(Cl)cc2)n[nH]c1=S. The molecule has 2 heterocycles. The minimum absolute atomic E-state index is 0.221. The van der Waals surface area contributed by atoms with Crippen molar-refractivity contribution in [2.45, 2.75) is 13.5 Å². The van der Waals surface area contributed by atoms with Gasteiger partial charge in [-0.3, -0.25) is 0 Å². The number of fused-ring (bicyclic) bond motifs is 1. The third-order valence-electron chi connectivity index (χ3n) is 4.14. The number of aromatic nitrogens is 4. The Labute approximate surface area is 165 Å². The molecule has 6 nitrogen and oxygen atoms in total. The third-order valence-corrected chi connectivity index (χ3v) is 4.66. The number of H-pyrrole nitrogens is 2. The van der Waals surface area contributed by atoms with Gasteiger partial charge >= 0.3 is 0 Å². The lowest BCUT2D eigenvalue weighted by molar-refractivity contribution is 0.290. The van der Waals surface area contributed by atoms with Gasteiger partial charge in [0.2, 0.25) is 4.77 Å². The van der Waals surface area contributed by atoms with Crippen LogP contribution in [0.4, 0.5) is 0 Å². The van der Waals surface area contributed by atoms with Gasteiger partial charge in [-0.25, -0.2) is 5.10 Å². The molecule has 0 saturated carbocycles. The van der Waals surface area contributed by atoms with Crippen LogP contribution in [-0.2, 0) is 6.61 Å². The van der Waals surface area contributed by atoms with E-state index in [2.05, 4.69) is 26.3 Å². The van der Waals surface area contributed by atoms with Crippen LogP contribution >= 0.6 is 23.8 Å². The largest absolute Gasteiger partial charge is 0.486 e. The van der Waals surface area contributed by atoms with E-state index in [0.29, 0.717) is 21.4 Å². The summed E-state index contributed by atoms with van der Waals surface area (Å²) in [6, 6.07) is 15.2. The molecule has 27 heavy (non-hydrogen) atoms. The zero-order valence-electron chi connectivity index (χ0n) is 14.4. The highest BCUT2D eigenvalue weighted by molar-refractivity contribution is 7.71. The predicted octanol–water partition coefficient (Wildman–Crippen LogP) is 4.85. The van der Waals surface area contributed by atoms with E-state index in [0.717, 1.165) is 22.2 Å². The van der Waals surface area contributed by atoms with Crippen LogP contribution in [0.2, 0.25) is 5.02 Å². The van der Waals surface area contributed by atoms with E-state index in [-0.39, 0.29) is 6.61 Å². The molecule has 0 radical (unpaired) electrons. The lowest BCUT2D eigenvalue weighted by Crippen LogP contribution is -2.04. The van der Waals surface area contributed by atoms with Gasteiger partial charge in [-0.15, -0.1) is 0 Å². The molecular weight excluding hydrogens is 382 g/mol. The van der Waals surface area contributed by atoms with Crippen LogP contribution < -0.4 is 4.74 Å². The number of hydrogen-bond donors (Lipinski definition) is 2. The van der Waals surface area contributed by atoms with Crippen molar-refractivity contribution in [3.05, 3.63) is 75.4 Å². The van der Waals surface area contributed by atoms with Gasteiger partial charge in [-0.2, -0.15) is 14.9 Å². The third kappa shape index (κ3) is 3.65. The van der Waals surface area contributed by atoms with E-state index in [1.807, 2.05) is 25.1 Å². The number of aromatic amines is 2. The van der Waals surface area contributed by atoms with Crippen LogP contribution in [0.25, 0.3) is 10.9 Å². The Morgan fingerprint density at radius 2 is 2.00 bits per heavy atom. The minimum Gasteiger partial charge on any atom is -0.486 e. The molecule has 136 valence electrons. The monoisotopic (exact) mass is 397 g/mol. The first-order valence-electron chi connectivity index (χ1n) is 8.28. The highest BCUT2D eigenvalue weighted by Gasteiger charge is 2.09. The summed E-state index contributed by atoms with van der Waals surface area (Å²) in [5, 5.41) is 13.2. The van der Waals surface area contributed by atoms with Crippen LogP contribution in [0.1, 0.15) is 17.1 Å². The number of nitrogens with one attached hydrogen (secondary N) is 2. The van der Waals surface area contributed by atoms with Crippen LogP contribution in [-0.4, -0.2) is 26.1 Å². The number of aryl methyl sites for hydroxylation is 1. The van der Waals surface area contributed by atoms with Crippen molar-refractivity contribution in [2.75, 3.05) is 0 Å². The molecule has 8 heteroatoms. The van der Waals surface area contributed by atoms with Crippen molar-refractivity contribution >= 4 is 40.9 Å². The standard InChI is InChI=1S/C19H16ClN5OS/c1-12-16(15-4-2-3-5-17(15)22-12)10-21-25-18(23-24-19(25)27)11-26-14-8-6-13(20)7-9-14/h2-10,22H,11H2,1H3,(H,24,27)/b21-10+. The maximum absolute atomic E-state index is 5.89. The van der Waals surface area contributed by atoms with Crippen molar-refractivity contribution in [2.24, 2.45) is 5.10 Å². The molecule has 2 aromatic heterocycles. The molecular formula is C19H16ClN5OS. The second kappa shape index (κ2) is 7.38. The number of benzene rings is 2. The molecule has 0 unspecified atom stereocenters. The summed E-state index contributed by atoms with van der Waals surface area (Å²) in [4.78, 5) is 3.35. The molecule has 0 saturated heterocycles. The van der Waals surface area contributed by atoms with Crippen molar-refractivity contribution in [3.63, 3.8) is 0 Å². The molecule has 0 aliphatic carbocycles. The van der Waals surface area contributed by atoms with E-state index >= 15 is 0 Å². The van der Waals surface area contributed by atoms with Crippen molar-refractivity contribution in [1.82, 2.24) is 19.9 Å². The Bertz CT molecular complexity index is 1170. The van der Waals surface area contributed by atoms with Crippen LogP contribution in [0.3, 0.4) is 0 Å². The van der Waals surface area contributed by atoms with E-state index in [1.54, 1.807) is 35.2 Å². The summed E-state index contributed by atoms with van der Waals surface area (Å²) in [6.45, 7) is 2.24. The van der Waals surface area contributed by atoms with Gasteiger partial charge in [0, 0.05) is 27.2 Å². The maximum atomic E-state index is 5.89. The second-order valence-electron chi connectivity index (χ2n) is 5.95. The maximum Gasteiger partial charge on any atom is 0.216 e. The molecule has 0 spiro atoms. The fourth-order valence-corrected chi connectivity index (χ4v) is 3.12. The number of ether oxygens (including phenoxy) is 1. The van der Waals surface area contributed by atoms with Crippen molar-refractivity contribution in [1.29, 1.82) is 0 Å². The van der Waals surface area contributed by atoms with Gasteiger partial charge in [0.1, 0.15) is 12.4 Å². The highest BCUT2D eigenvalue weighted by atomic mass is 35.5. The van der Waals surface area contributed by atoms with Gasteiger partial charge in [-0.05, 0) is 49.5 Å². The molecule has 0 amide bonds. The van der Waals surface area contributed by atoms with Gasteiger partial charge < -0.3 is 9.72 Å². The topological polar surface area (TPSA) is 71.0 Å². The molecule has 0 bridgehead atoms. The normalized spacial score (nSPS) is 11.5. The predicted molar refractivity (Wildman–Crippen MR) is 109 cm³/mol. The van der Waals surface area contributed by atoms with Crippen molar-refractivity contribution < 1.29 is 4.74 Å². The fraction of sp³-hybridized carbons (Fsp3) is 0.105. The molecule has 0 aliphatic heterocycles. The number of rotatable bonds is 5. The lowest BCUT2D eigenvalue weighted by Gasteiger charge is -2.05. The van der Waals surface area contributed by atoms with Gasteiger partial charge in [0.05, 0.1) is 6.21 Å². The number of para-hydroxylation sites is 1. The first kappa shape index (κ1) is 17.5. The average molecular weight is 398 g/mol. The number of nitrogens with zero attached hydrogens (tertiary/aromatic N) is 3. The zero-order chi connectivity index (χ0) is 18.8.